The van der Waals surface area contributed by atoms with Gasteiger partial charge in [0.1, 0.15) is 12.4 Å². The van der Waals surface area contributed by atoms with Gasteiger partial charge in [0, 0.05) is 19.6 Å². The van der Waals surface area contributed by atoms with Crippen molar-refractivity contribution in [1.82, 2.24) is 9.80 Å². The number of rotatable bonds is 8. The molecule has 0 spiro atoms. The third-order valence-electron chi connectivity index (χ3n) is 4.82. The lowest BCUT2D eigenvalue weighted by Crippen LogP contribution is -2.36. The van der Waals surface area contributed by atoms with Crippen LogP contribution in [0, 0.1) is 0 Å². The summed E-state index contributed by atoms with van der Waals surface area (Å²) in [6.07, 6.45) is 5.02. The molecule has 2 fully saturated rings. The van der Waals surface area contributed by atoms with Gasteiger partial charge in [-0.2, -0.15) is 0 Å². The van der Waals surface area contributed by atoms with Crippen LogP contribution in [0.15, 0.2) is 24.3 Å². The molecular formula is C19H30N2O2. The molecule has 0 aliphatic carbocycles. The van der Waals surface area contributed by atoms with Crippen LogP contribution in [0.3, 0.4) is 0 Å². The van der Waals surface area contributed by atoms with Crippen molar-refractivity contribution >= 4 is 0 Å². The highest BCUT2D eigenvalue weighted by atomic mass is 16.5. The molecule has 0 bridgehead atoms. The standard InChI is InChI=1S/C19H30N2O2/c1-2-9-20(8-1)13-16-23-19-7-3-5-18(17-19)6-4-10-21-11-14-22-15-12-21/h3,5,7,17H,1-2,4,6,8-16H2. The van der Waals surface area contributed by atoms with Gasteiger partial charge < -0.3 is 9.47 Å². The number of aryl methyl sites for hydroxylation is 1. The van der Waals surface area contributed by atoms with E-state index >= 15 is 0 Å². The molecule has 1 aromatic carbocycles. The lowest BCUT2D eigenvalue weighted by molar-refractivity contribution is 0.0374. The summed E-state index contributed by atoms with van der Waals surface area (Å²) < 4.78 is 11.3. The maximum absolute atomic E-state index is 5.94. The second-order valence-corrected chi connectivity index (χ2v) is 6.60. The molecule has 2 aliphatic rings. The van der Waals surface area contributed by atoms with Crippen molar-refractivity contribution < 1.29 is 9.47 Å². The van der Waals surface area contributed by atoms with Crippen molar-refractivity contribution in [3.63, 3.8) is 0 Å². The van der Waals surface area contributed by atoms with Crippen LogP contribution in [0.2, 0.25) is 0 Å². The van der Waals surface area contributed by atoms with Crippen molar-refractivity contribution in [2.45, 2.75) is 25.7 Å². The summed E-state index contributed by atoms with van der Waals surface area (Å²) in [4.78, 5) is 4.99. The van der Waals surface area contributed by atoms with Crippen molar-refractivity contribution in [2.24, 2.45) is 0 Å². The highest BCUT2D eigenvalue weighted by Gasteiger charge is 2.11. The zero-order valence-corrected chi connectivity index (χ0v) is 14.2. The molecule has 0 atom stereocenters. The number of hydrogen-bond acceptors (Lipinski definition) is 4. The number of benzene rings is 1. The number of morpholine rings is 1. The van der Waals surface area contributed by atoms with Gasteiger partial charge in [0.2, 0.25) is 0 Å². The average Bonchev–Trinajstić information content (AvgIpc) is 3.10. The normalized spacial score (nSPS) is 20.0. The maximum Gasteiger partial charge on any atom is 0.119 e. The van der Waals surface area contributed by atoms with Crippen LogP contribution < -0.4 is 4.74 Å². The van der Waals surface area contributed by atoms with Gasteiger partial charge >= 0.3 is 0 Å². The van der Waals surface area contributed by atoms with Crippen LogP contribution in [0.25, 0.3) is 0 Å². The molecule has 128 valence electrons. The zero-order valence-electron chi connectivity index (χ0n) is 14.2. The topological polar surface area (TPSA) is 24.9 Å². The molecule has 0 amide bonds. The summed E-state index contributed by atoms with van der Waals surface area (Å²) >= 11 is 0. The fraction of sp³-hybridized carbons (Fsp3) is 0.684. The Balaban J connectivity index is 1.36. The fourth-order valence-electron chi connectivity index (χ4n) is 3.42. The van der Waals surface area contributed by atoms with E-state index in [-0.39, 0.29) is 0 Å². The van der Waals surface area contributed by atoms with E-state index in [0.29, 0.717) is 0 Å². The Morgan fingerprint density at radius 3 is 2.57 bits per heavy atom. The number of hydrogen-bond donors (Lipinski definition) is 0. The highest BCUT2D eigenvalue weighted by Crippen LogP contribution is 2.15. The molecule has 2 aliphatic heterocycles. The van der Waals surface area contributed by atoms with Crippen molar-refractivity contribution in [3.05, 3.63) is 29.8 Å². The summed E-state index contributed by atoms with van der Waals surface area (Å²) in [5.74, 6) is 1.02. The highest BCUT2D eigenvalue weighted by molar-refractivity contribution is 5.28. The molecule has 2 heterocycles. The Morgan fingerprint density at radius 1 is 0.957 bits per heavy atom. The number of nitrogens with zero attached hydrogens (tertiary/aromatic N) is 2. The minimum atomic E-state index is 0.803. The summed E-state index contributed by atoms with van der Waals surface area (Å²) in [6, 6.07) is 8.63. The number of ether oxygens (including phenoxy) is 2. The van der Waals surface area contributed by atoms with Crippen molar-refractivity contribution in [2.75, 3.05) is 59.1 Å². The van der Waals surface area contributed by atoms with E-state index in [2.05, 4.69) is 34.1 Å². The Kier molecular flexibility index (Phi) is 6.74. The summed E-state index contributed by atoms with van der Waals surface area (Å²) in [6.45, 7) is 9.46. The first-order chi connectivity index (χ1) is 11.4. The number of likely N-dealkylation sites (tertiary alicyclic amines) is 1. The molecule has 0 aromatic heterocycles. The summed E-state index contributed by atoms with van der Waals surface area (Å²) in [7, 11) is 0. The van der Waals surface area contributed by atoms with Crippen molar-refractivity contribution in [3.8, 4) is 5.75 Å². The third kappa shape index (κ3) is 5.79. The second-order valence-electron chi connectivity index (χ2n) is 6.60. The molecule has 4 heteroatoms. The van der Waals surface area contributed by atoms with E-state index < -0.39 is 0 Å². The van der Waals surface area contributed by atoms with Gasteiger partial charge in [-0.15, -0.1) is 0 Å². The second kappa shape index (κ2) is 9.26. The molecule has 23 heavy (non-hydrogen) atoms. The first kappa shape index (κ1) is 16.7. The van der Waals surface area contributed by atoms with Gasteiger partial charge in [0.25, 0.3) is 0 Å². The van der Waals surface area contributed by atoms with Gasteiger partial charge in [-0.1, -0.05) is 12.1 Å². The van der Waals surface area contributed by atoms with Crippen molar-refractivity contribution in [1.29, 1.82) is 0 Å². The van der Waals surface area contributed by atoms with E-state index in [4.69, 9.17) is 9.47 Å². The van der Waals surface area contributed by atoms with Crippen LogP contribution in [0.4, 0.5) is 0 Å². The van der Waals surface area contributed by atoms with E-state index in [9.17, 15) is 0 Å². The predicted octanol–water partition coefficient (Wildman–Crippen LogP) is 2.43. The minimum Gasteiger partial charge on any atom is -0.492 e. The first-order valence-electron chi connectivity index (χ1n) is 9.14. The lowest BCUT2D eigenvalue weighted by atomic mass is 10.1. The van der Waals surface area contributed by atoms with E-state index in [1.165, 1.54) is 44.5 Å². The minimum absolute atomic E-state index is 0.803. The quantitative estimate of drug-likeness (QED) is 0.735. The largest absolute Gasteiger partial charge is 0.492 e. The van der Waals surface area contributed by atoms with Gasteiger partial charge in [-0.25, -0.2) is 0 Å². The van der Waals surface area contributed by atoms with E-state index in [0.717, 1.165) is 51.6 Å². The van der Waals surface area contributed by atoms with Gasteiger partial charge in [-0.3, -0.25) is 9.80 Å². The molecule has 2 saturated heterocycles. The van der Waals surface area contributed by atoms with Gasteiger partial charge in [0.15, 0.2) is 0 Å². The van der Waals surface area contributed by atoms with Gasteiger partial charge in [0.05, 0.1) is 13.2 Å². The van der Waals surface area contributed by atoms with E-state index in [1.807, 2.05) is 0 Å². The smallest absolute Gasteiger partial charge is 0.119 e. The lowest BCUT2D eigenvalue weighted by Gasteiger charge is -2.26. The monoisotopic (exact) mass is 318 g/mol. The van der Waals surface area contributed by atoms with Crippen LogP contribution in [0.5, 0.6) is 5.75 Å². The Labute approximate surface area is 140 Å². The predicted molar refractivity (Wildman–Crippen MR) is 93.2 cm³/mol. The van der Waals surface area contributed by atoms with Crippen LogP contribution in [0.1, 0.15) is 24.8 Å². The molecule has 4 nitrogen and oxygen atoms in total. The molecule has 0 N–H and O–H groups in total. The third-order valence-corrected chi connectivity index (χ3v) is 4.82. The Bertz CT molecular complexity index is 454. The Hall–Kier alpha value is -1.10. The van der Waals surface area contributed by atoms with Gasteiger partial charge in [-0.05, 0) is 63.0 Å². The fourth-order valence-corrected chi connectivity index (χ4v) is 3.42. The first-order valence-corrected chi connectivity index (χ1v) is 9.14. The molecule has 0 unspecified atom stereocenters. The van der Waals surface area contributed by atoms with Crippen LogP contribution in [-0.4, -0.2) is 68.9 Å². The maximum atomic E-state index is 5.94. The molecule has 0 saturated carbocycles. The van der Waals surface area contributed by atoms with Crippen LogP contribution >= 0.6 is 0 Å². The average molecular weight is 318 g/mol. The summed E-state index contributed by atoms with van der Waals surface area (Å²) in [5.41, 5.74) is 1.39. The van der Waals surface area contributed by atoms with Crippen LogP contribution in [-0.2, 0) is 11.2 Å². The molecule has 1 aromatic rings. The summed E-state index contributed by atoms with van der Waals surface area (Å²) in [5, 5.41) is 0. The zero-order chi connectivity index (χ0) is 15.7. The molecular weight excluding hydrogens is 288 g/mol. The van der Waals surface area contributed by atoms with E-state index in [1.54, 1.807) is 0 Å². The molecule has 3 rings (SSSR count). The Morgan fingerprint density at radius 2 is 1.74 bits per heavy atom. The molecule has 0 radical (unpaired) electrons. The SMILES string of the molecule is c1cc(CCCN2CCOCC2)cc(OCCN2CCCC2)c1.